The Hall–Kier alpha value is -3.64. The van der Waals surface area contributed by atoms with Crippen LogP contribution in [-0.4, -0.2) is 47.9 Å². The number of sulfone groups is 1. The van der Waals surface area contributed by atoms with E-state index in [4.69, 9.17) is 19.6 Å². The first kappa shape index (κ1) is 24.1. The van der Waals surface area contributed by atoms with E-state index in [-0.39, 0.29) is 40.2 Å². The minimum Gasteiger partial charge on any atom is -0.489 e. The number of amides is 1. The molecule has 3 aliphatic rings. The van der Waals surface area contributed by atoms with Crippen molar-refractivity contribution in [1.29, 1.82) is 5.41 Å². The van der Waals surface area contributed by atoms with Crippen LogP contribution in [0.25, 0.3) is 6.08 Å². The highest BCUT2D eigenvalue weighted by molar-refractivity contribution is 8.16. The lowest BCUT2D eigenvalue weighted by molar-refractivity contribution is -0.114. The van der Waals surface area contributed by atoms with Crippen LogP contribution < -0.4 is 14.2 Å². The maximum atomic E-state index is 12.8. The van der Waals surface area contributed by atoms with Crippen LogP contribution in [-0.2, 0) is 21.2 Å². The van der Waals surface area contributed by atoms with Gasteiger partial charge in [0.25, 0.3) is 5.91 Å². The summed E-state index contributed by atoms with van der Waals surface area (Å²) in [6.07, 6.45) is 1.50. The van der Waals surface area contributed by atoms with Gasteiger partial charge in [-0.15, -0.1) is 0 Å². The van der Waals surface area contributed by atoms with E-state index in [0.717, 1.165) is 22.4 Å². The van der Waals surface area contributed by atoms with Crippen molar-refractivity contribution in [3.8, 4) is 17.2 Å². The Morgan fingerprint density at radius 1 is 1.17 bits per heavy atom. The maximum absolute atomic E-state index is 12.8. The zero-order valence-corrected chi connectivity index (χ0v) is 21.1. The molecule has 2 aromatic carbocycles. The van der Waals surface area contributed by atoms with Crippen molar-refractivity contribution >= 4 is 49.9 Å². The predicted octanol–water partition coefficient (Wildman–Crippen LogP) is 3.64. The van der Waals surface area contributed by atoms with Gasteiger partial charge in [0.1, 0.15) is 18.2 Å². The van der Waals surface area contributed by atoms with Crippen LogP contribution >= 0.6 is 11.9 Å². The summed E-state index contributed by atoms with van der Waals surface area (Å²) in [5.74, 6) is 0.868. The fourth-order valence-electron chi connectivity index (χ4n) is 3.74. The first-order chi connectivity index (χ1) is 17.2. The molecule has 0 fully saturated rings. The highest BCUT2D eigenvalue weighted by Crippen LogP contribution is 2.33. The zero-order chi connectivity index (χ0) is 25.4. The summed E-state index contributed by atoms with van der Waals surface area (Å²) in [4.78, 5) is 17.7. The third kappa shape index (κ3) is 4.73. The number of nitrogens with zero attached hydrogens (tertiary/aromatic N) is 3. The van der Waals surface area contributed by atoms with Crippen molar-refractivity contribution in [1.82, 2.24) is 4.90 Å². The van der Waals surface area contributed by atoms with Gasteiger partial charge in [-0.2, -0.15) is 9.39 Å². The number of fused-ring (bicyclic) bond motifs is 2. The van der Waals surface area contributed by atoms with Crippen molar-refractivity contribution in [2.24, 2.45) is 15.3 Å². The van der Waals surface area contributed by atoms with Gasteiger partial charge in [0.15, 0.2) is 11.5 Å². The summed E-state index contributed by atoms with van der Waals surface area (Å²) in [6, 6.07) is 12.6. The fourth-order valence-corrected chi connectivity index (χ4v) is 6.47. The van der Waals surface area contributed by atoms with Gasteiger partial charge in [0, 0.05) is 0 Å². The van der Waals surface area contributed by atoms with Crippen LogP contribution in [0.5, 0.6) is 17.2 Å². The minimum atomic E-state index is -3.75. The summed E-state index contributed by atoms with van der Waals surface area (Å²) in [5.41, 5.74) is 1.53. The van der Waals surface area contributed by atoms with Crippen LogP contribution in [0.1, 0.15) is 25.0 Å². The van der Waals surface area contributed by atoms with E-state index in [1.165, 1.54) is 6.08 Å². The second-order valence-electron chi connectivity index (χ2n) is 8.63. The monoisotopic (exact) mass is 526 g/mol. The molecule has 0 saturated carbocycles. The van der Waals surface area contributed by atoms with Gasteiger partial charge in [-0.3, -0.25) is 10.2 Å². The van der Waals surface area contributed by atoms with Gasteiger partial charge in [-0.1, -0.05) is 32.0 Å². The Balaban J connectivity index is 1.31. The highest BCUT2D eigenvalue weighted by atomic mass is 32.2. The number of carbonyl (C=O) groups is 1. The normalized spacial score (nSPS) is 18.0. The molecule has 1 N–H and O–H groups in total. The first-order valence-corrected chi connectivity index (χ1v) is 13.5. The van der Waals surface area contributed by atoms with Gasteiger partial charge in [-0.25, -0.2) is 13.3 Å². The molecule has 0 bridgehead atoms. The number of ether oxygens (including phenoxy) is 3. The van der Waals surface area contributed by atoms with Crippen LogP contribution in [0.2, 0.25) is 0 Å². The molecule has 0 radical (unpaired) electrons. The molecule has 0 unspecified atom stereocenters. The van der Waals surface area contributed by atoms with E-state index < -0.39 is 15.7 Å². The molecule has 0 aromatic heterocycles. The van der Waals surface area contributed by atoms with Crippen molar-refractivity contribution in [2.75, 3.05) is 12.5 Å². The molecule has 3 heterocycles. The maximum Gasteiger partial charge on any atom is 0.283 e. The summed E-state index contributed by atoms with van der Waals surface area (Å²) >= 11 is 0.781. The fraction of sp³-hybridized carbons (Fsp3) is 0.250. The summed E-state index contributed by atoms with van der Waals surface area (Å²) in [7, 11) is -3.75. The average Bonchev–Trinajstić information content (AvgIpc) is 3.47. The number of rotatable bonds is 6. The quantitative estimate of drug-likeness (QED) is 0.446. The number of benzene rings is 2. The Morgan fingerprint density at radius 3 is 2.67 bits per heavy atom. The van der Waals surface area contributed by atoms with Gasteiger partial charge in [0.05, 0.1) is 23.3 Å². The third-order valence-corrected chi connectivity index (χ3v) is 8.11. The molecule has 2 aromatic rings. The van der Waals surface area contributed by atoms with Crippen LogP contribution in [0.15, 0.2) is 57.4 Å². The lowest BCUT2D eigenvalue weighted by Gasteiger charge is -2.24. The third-order valence-electron chi connectivity index (χ3n) is 5.36. The van der Waals surface area contributed by atoms with Crippen LogP contribution in [0.3, 0.4) is 0 Å². The second kappa shape index (κ2) is 9.43. The van der Waals surface area contributed by atoms with Gasteiger partial charge < -0.3 is 14.2 Å². The minimum absolute atomic E-state index is 0.0253. The Bertz CT molecular complexity index is 1450. The number of aliphatic imine (C=N–C) groups is 1. The van der Waals surface area contributed by atoms with Gasteiger partial charge in [-0.05, 0) is 47.4 Å². The molecule has 0 saturated heterocycles. The van der Waals surface area contributed by atoms with Crippen LogP contribution in [0.4, 0.5) is 0 Å². The molecule has 3 aliphatic heterocycles. The number of hydrogen-bond donors (Lipinski definition) is 1. The number of hydrogen-bond acceptors (Lipinski definition) is 9. The van der Waals surface area contributed by atoms with E-state index in [9.17, 15) is 13.2 Å². The predicted molar refractivity (Wildman–Crippen MR) is 137 cm³/mol. The van der Waals surface area contributed by atoms with Gasteiger partial charge >= 0.3 is 0 Å². The molecule has 0 aliphatic carbocycles. The molecular weight excluding hydrogens is 504 g/mol. The lowest BCUT2D eigenvalue weighted by atomic mass is 10.1. The smallest absolute Gasteiger partial charge is 0.283 e. The summed E-state index contributed by atoms with van der Waals surface area (Å²) in [5, 5.41) is 8.35. The van der Waals surface area contributed by atoms with E-state index in [0.29, 0.717) is 29.4 Å². The van der Waals surface area contributed by atoms with Crippen LogP contribution in [0, 0.1) is 11.3 Å². The molecule has 1 amide bonds. The average molecular weight is 527 g/mol. The molecular formula is C24H22N4O6S2. The topological polar surface area (TPSA) is 131 Å². The SMILES string of the molecule is CC(C)CS(=O)(=O)C1=NSC2=NC(=O)C(=Cc3ccc(OCc4ccc5c(c4)OCO5)cc3)C(=N)N21. The molecule has 10 nitrogen and oxygen atoms in total. The Morgan fingerprint density at radius 2 is 1.92 bits per heavy atom. The van der Waals surface area contributed by atoms with E-state index in [1.807, 2.05) is 18.2 Å². The largest absolute Gasteiger partial charge is 0.489 e. The summed E-state index contributed by atoms with van der Waals surface area (Å²) < 4.78 is 46.1. The van der Waals surface area contributed by atoms with Crippen molar-refractivity contribution < 1.29 is 27.4 Å². The van der Waals surface area contributed by atoms with E-state index in [1.54, 1.807) is 38.1 Å². The molecule has 0 atom stereocenters. The highest BCUT2D eigenvalue weighted by Gasteiger charge is 2.42. The van der Waals surface area contributed by atoms with Crippen molar-refractivity contribution in [2.45, 2.75) is 20.5 Å². The zero-order valence-electron chi connectivity index (χ0n) is 19.4. The number of carbonyl (C=O) groups excluding carboxylic acids is 1. The van der Waals surface area contributed by atoms with Crippen molar-refractivity contribution in [3.05, 3.63) is 59.2 Å². The lowest BCUT2D eigenvalue weighted by Crippen LogP contribution is -2.46. The molecule has 186 valence electrons. The number of nitrogens with one attached hydrogen (secondary N) is 1. The van der Waals surface area contributed by atoms with E-state index >= 15 is 0 Å². The molecule has 5 rings (SSSR count). The molecule has 36 heavy (non-hydrogen) atoms. The molecule has 12 heteroatoms. The standard InChI is InChI=1S/C24H22N4O6S2/c1-14(2)12-36(30,31)24-27-35-23-26-22(29)18(21(25)28(23)24)9-15-3-6-17(7-4-15)32-11-16-5-8-19-20(10-16)34-13-33-19/h3-10,14,25H,11-13H2,1-2H3. The number of amidine groups is 3. The second-order valence-corrected chi connectivity index (χ2v) is 11.3. The Kier molecular flexibility index (Phi) is 6.31. The van der Waals surface area contributed by atoms with E-state index in [2.05, 4.69) is 9.39 Å². The van der Waals surface area contributed by atoms with Gasteiger partial charge in [0.2, 0.25) is 27.0 Å². The first-order valence-electron chi connectivity index (χ1n) is 11.0. The summed E-state index contributed by atoms with van der Waals surface area (Å²) in [6.45, 7) is 4.11. The molecule has 0 spiro atoms. The van der Waals surface area contributed by atoms with Crippen molar-refractivity contribution in [3.63, 3.8) is 0 Å². The Labute approximate surface area is 212 Å².